The van der Waals surface area contributed by atoms with Gasteiger partial charge in [-0.15, -0.1) is 0 Å². The van der Waals surface area contributed by atoms with E-state index in [0.29, 0.717) is 13.1 Å². The third-order valence-electron chi connectivity index (χ3n) is 2.57. The Morgan fingerprint density at radius 1 is 1.57 bits per heavy atom. The summed E-state index contributed by atoms with van der Waals surface area (Å²) in [6.45, 7) is 4.95. The molecule has 1 N–H and O–H groups in total. The number of carbonyl (C=O) groups is 1. The van der Waals surface area contributed by atoms with Crippen molar-refractivity contribution in [3.8, 4) is 0 Å². The molecule has 14 heavy (non-hydrogen) atoms. The molecule has 2 atom stereocenters. The summed E-state index contributed by atoms with van der Waals surface area (Å²) in [7, 11) is 0. The average molecular weight is 201 g/mol. The van der Waals surface area contributed by atoms with Gasteiger partial charge >= 0.3 is 0 Å². The van der Waals surface area contributed by atoms with Gasteiger partial charge in [-0.1, -0.05) is 0 Å². The smallest absolute Gasteiger partial charge is 0.251 e. The van der Waals surface area contributed by atoms with Crippen LogP contribution in [0.15, 0.2) is 0 Å². The first-order chi connectivity index (χ1) is 6.69. The van der Waals surface area contributed by atoms with Gasteiger partial charge in [0.2, 0.25) is 0 Å². The van der Waals surface area contributed by atoms with Gasteiger partial charge in [-0.2, -0.15) is 0 Å². The van der Waals surface area contributed by atoms with Crippen LogP contribution in [0.1, 0.15) is 26.7 Å². The summed E-state index contributed by atoms with van der Waals surface area (Å²) in [5.41, 5.74) is 0. The summed E-state index contributed by atoms with van der Waals surface area (Å²) in [6, 6.07) is 0. The van der Waals surface area contributed by atoms with Crippen LogP contribution in [0.25, 0.3) is 0 Å². The Kier molecular flexibility index (Phi) is 4.35. The summed E-state index contributed by atoms with van der Waals surface area (Å²) in [5, 5.41) is 8.78. The minimum Gasteiger partial charge on any atom is -0.395 e. The van der Waals surface area contributed by atoms with E-state index in [0.717, 1.165) is 12.8 Å². The van der Waals surface area contributed by atoms with Crippen LogP contribution >= 0.6 is 0 Å². The minimum absolute atomic E-state index is 0.0157. The number of hydrogen-bond donors (Lipinski definition) is 1. The number of aliphatic hydroxyl groups is 1. The largest absolute Gasteiger partial charge is 0.395 e. The van der Waals surface area contributed by atoms with E-state index >= 15 is 0 Å². The number of hydrogen-bond acceptors (Lipinski definition) is 3. The number of carbonyl (C=O) groups excluding carboxylic acids is 1. The molecule has 1 saturated heterocycles. The van der Waals surface area contributed by atoms with Crippen LogP contribution < -0.4 is 0 Å². The lowest BCUT2D eigenvalue weighted by molar-refractivity contribution is -0.142. The van der Waals surface area contributed by atoms with Crippen molar-refractivity contribution in [2.45, 2.75) is 38.9 Å². The van der Waals surface area contributed by atoms with E-state index in [1.165, 1.54) is 0 Å². The molecule has 0 bridgehead atoms. The van der Waals surface area contributed by atoms with Crippen molar-refractivity contribution in [3.63, 3.8) is 0 Å². The van der Waals surface area contributed by atoms with Crippen molar-refractivity contribution in [1.29, 1.82) is 0 Å². The molecule has 1 heterocycles. The van der Waals surface area contributed by atoms with Crippen LogP contribution in [0, 0.1) is 0 Å². The van der Waals surface area contributed by atoms with E-state index in [1.54, 1.807) is 4.90 Å². The molecule has 4 heteroatoms. The summed E-state index contributed by atoms with van der Waals surface area (Å²) in [4.78, 5) is 13.4. The predicted molar refractivity (Wildman–Crippen MR) is 52.9 cm³/mol. The summed E-state index contributed by atoms with van der Waals surface area (Å²) >= 11 is 0. The van der Waals surface area contributed by atoms with E-state index in [9.17, 15) is 4.79 Å². The Balaban J connectivity index is 2.45. The van der Waals surface area contributed by atoms with Crippen LogP contribution in [-0.4, -0.2) is 47.8 Å². The van der Waals surface area contributed by atoms with Crippen molar-refractivity contribution in [2.24, 2.45) is 0 Å². The van der Waals surface area contributed by atoms with Crippen molar-refractivity contribution in [2.75, 3.05) is 19.7 Å². The van der Waals surface area contributed by atoms with Crippen LogP contribution in [0.2, 0.25) is 0 Å². The normalized spacial score (nSPS) is 26.5. The molecule has 1 fully saturated rings. The Morgan fingerprint density at radius 2 is 2.29 bits per heavy atom. The molecule has 0 aliphatic carbocycles. The molecule has 1 rings (SSSR count). The first-order valence-corrected chi connectivity index (χ1v) is 5.24. The third-order valence-corrected chi connectivity index (χ3v) is 2.57. The average Bonchev–Trinajstić information content (AvgIpc) is 2.60. The molecule has 0 aromatic rings. The summed E-state index contributed by atoms with van der Waals surface area (Å²) < 4.78 is 5.48. The maximum Gasteiger partial charge on any atom is 0.251 e. The van der Waals surface area contributed by atoms with Crippen molar-refractivity contribution in [3.05, 3.63) is 0 Å². The molecule has 4 nitrogen and oxygen atoms in total. The van der Waals surface area contributed by atoms with Crippen LogP contribution in [0.3, 0.4) is 0 Å². The molecule has 2 unspecified atom stereocenters. The van der Waals surface area contributed by atoms with Gasteiger partial charge in [0.25, 0.3) is 5.91 Å². The molecular formula is C10H19NO3. The van der Waals surface area contributed by atoms with Gasteiger partial charge in [0.05, 0.1) is 12.7 Å². The van der Waals surface area contributed by atoms with E-state index in [1.807, 2.05) is 13.8 Å². The highest BCUT2D eigenvalue weighted by Gasteiger charge is 2.30. The zero-order valence-electron chi connectivity index (χ0n) is 8.90. The fourth-order valence-electron chi connectivity index (χ4n) is 1.73. The monoisotopic (exact) mass is 201 g/mol. The fraction of sp³-hybridized carbons (Fsp3) is 0.900. The second kappa shape index (κ2) is 5.32. The van der Waals surface area contributed by atoms with E-state index in [2.05, 4.69) is 0 Å². The number of ether oxygens (including phenoxy) is 1. The highest BCUT2D eigenvalue weighted by molar-refractivity contribution is 5.81. The SMILES string of the molecule is CCN(CCO)C(=O)C1CCC(C)O1. The predicted octanol–water partition coefficient (Wildman–Crippen LogP) is 0.395. The number of amides is 1. The lowest BCUT2D eigenvalue weighted by Gasteiger charge is -2.23. The minimum atomic E-state index is -0.281. The lowest BCUT2D eigenvalue weighted by Crippen LogP contribution is -2.40. The molecule has 0 aromatic carbocycles. The Hall–Kier alpha value is -0.610. The Labute approximate surface area is 84.8 Å². The first kappa shape index (κ1) is 11.5. The van der Waals surface area contributed by atoms with Crippen molar-refractivity contribution >= 4 is 5.91 Å². The second-order valence-corrected chi connectivity index (χ2v) is 3.65. The molecule has 1 aliphatic heterocycles. The molecular weight excluding hydrogens is 182 g/mol. The van der Waals surface area contributed by atoms with Crippen LogP contribution in [0.4, 0.5) is 0 Å². The van der Waals surface area contributed by atoms with Gasteiger partial charge in [-0.05, 0) is 26.7 Å². The topological polar surface area (TPSA) is 49.8 Å². The van der Waals surface area contributed by atoms with Gasteiger partial charge in [0, 0.05) is 13.1 Å². The summed E-state index contributed by atoms with van der Waals surface area (Å²) in [6.07, 6.45) is 1.67. The van der Waals surface area contributed by atoms with Crippen molar-refractivity contribution < 1.29 is 14.6 Å². The highest BCUT2D eigenvalue weighted by Crippen LogP contribution is 2.20. The van der Waals surface area contributed by atoms with E-state index < -0.39 is 0 Å². The molecule has 82 valence electrons. The Bertz CT molecular complexity index is 190. The second-order valence-electron chi connectivity index (χ2n) is 3.65. The van der Waals surface area contributed by atoms with Crippen molar-refractivity contribution in [1.82, 2.24) is 4.90 Å². The van der Waals surface area contributed by atoms with Gasteiger partial charge < -0.3 is 14.7 Å². The zero-order chi connectivity index (χ0) is 10.6. The third kappa shape index (κ3) is 2.69. The quantitative estimate of drug-likeness (QED) is 0.716. The lowest BCUT2D eigenvalue weighted by atomic mass is 10.2. The standard InChI is InChI=1S/C10H19NO3/c1-3-11(6-7-12)10(13)9-5-4-8(2)14-9/h8-9,12H,3-7H2,1-2H3. The molecule has 1 aliphatic rings. The fourth-order valence-corrected chi connectivity index (χ4v) is 1.73. The maximum atomic E-state index is 11.8. The molecule has 1 amide bonds. The first-order valence-electron chi connectivity index (χ1n) is 5.24. The summed E-state index contributed by atoms with van der Waals surface area (Å²) in [5.74, 6) is 0.0194. The van der Waals surface area contributed by atoms with Gasteiger partial charge in [0.15, 0.2) is 0 Å². The van der Waals surface area contributed by atoms with Crippen LogP contribution in [0.5, 0.6) is 0 Å². The highest BCUT2D eigenvalue weighted by atomic mass is 16.5. The number of likely N-dealkylation sites (N-methyl/N-ethyl adjacent to an activating group) is 1. The molecule has 0 saturated carbocycles. The van der Waals surface area contributed by atoms with Crippen LogP contribution in [-0.2, 0) is 9.53 Å². The Morgan fingerprint density at radius 3 is 2.71 bits per heavy atom. The van der Waals surface area contributed by atoms with Gasteiger partial charge in [-0.25, -0.2) is 0 Å². The number of rotatable bonds is 4. The molecule has 0 radical (unpaired) electrons. The van der Waals surface area contributed by atoms with Gasteiger partial charge in [-0.3, -0.25) is 4.79 Å². The zero-order valence-corrected chi connectivity index (χ0v) is 8.90. The molecule has 0 aromatic heterocycles. The molecule has 0 spiro atoms. The van der Waals surface area contributed by atoms with Gasteiger partial charge in [0.1, 0.15) is 6.10 Å². The maximum absolute atomic E-state index is 11.8. The van der Waals surface area contributed by atoms with E-state index in [-0.39, 0.29) is 24.7 Å². The number of aliphatic hydroxyl groups excluding tert-OH is 1. The number of nitrogens with zero attached hydrogens (tertiary/aromatic N) is 1. The van der Waals surface area contributed by atoms with E-state index in [4.69, 9.17) is 9.84 Å².